The fourth-order valence-corrected chi connectivity index (χ4v) is 3.20. The van der Waals surface area contributed by atoms with Crippen LogP contribution in [0.25, 0.3) is 0 Å². The summed E-state index contributed by atoms with van der Waals surface area (Å²) in [6.45, 7) is 3.43. The summed E-state index contributed by atoms with van der Waals surface area (Å²) in [4.78, 5) is 10.1. The lowest BCUT2D eigenvalue weighted by Crippen LogP contribution is -2.32. The number of rotatable bonds is 5. The first-order valence-corrected chi connectivity index (χ1v) is 7.74. The number of hydrogen-bond acceptors (Lipinski definition) is 3. The fraction of sp³-hybridized carbons (Fsp3) is 0.375. The number of H-pyrrole nitrogens is 1. The summed E-state index contributed by atoms with van der Waals surface area (Å²) in [6, 6.07) is 10.3. The molecule has 1 saturated heterocycles. The topological polar surface area (TPSA) is 53.2 Å². The van der Waals surface area contributed by atoms with Gasteiger partial charge in [-0.3, -0.25) is 4.98 Å². The third-order valence-electron chi connectivity index (χ3n) is 3.91. The van der Waals surface area contributed by atoms with Crippen molar-refractivity contribution < 1.29 is 4.74 Å². The molecule has 0 radical (unpaired) electrons. The van der Waals surface area contributed by atoms with Crippen LogP contribution in [0.1, 0.15) is 29.2 Å². The van der Waals surface area contributed by atoms with Crippen LogP contribution in [0.3, 0.4) is 0 Å². The molecular weight excluding hydrogens is 296 g/mol. The summed E-state index contributed by atoms with van der Waals surface area (Å²) in [5.41, 5.74) is 3.26. The molecule has 0 aromatic carbocycles. The number of aromatic nitrogens is 2. The summed E-state index contributed by atoms with van der Waals surface area (Å²) in [5, 5.41) is 4.15. The zero-order valence-corrected chi connectivity index (χ0v) is 13.6. The second-order valence-corrected chi connectivity index (χ2v) is 5.80. The average molecular weight is 316 g/mol. The van der Waals surface area contributed by atoms with E-state index in [4.69, 9.17) is 17.0 Å². The van der Waals surface area contributed by atoms with E-state index in [1.54, 1.807) is 7.11 Å². The van der Waals surface area contributed by atoms with E-state index in [2.05, 4.69) is 39.2 Å². The van der Waals surface area contributed by atoms with Crippen molar-refractivity contribution in [1.82, 2.24) is 20.2 Å². The molecule has 6 heteroatoms. The molecule has 3 heterocycles. The fourth-order valence-electron chi connectivity index (χ4n) is 2.87. The van der Waals surface area contributed by atoms with Crippen LogP contribution in [0.5, 0.6) is 0 Å². The summed E-state index contributed by atoms with van der Waals surface area (Å²) in [5.74, 6) is 0. The van der Waals surface area contributed by atoms with Crippen molar-refractivity contribution in [3.8, 4) is 0 Å². The van der Waals surface area contributed by atoms with E-state index in [-0.39, 0.29) is 12.1 Å². The van der Waals surface area contributed by atoms with Crippen LogP contribution in [0, 0.1) is 6.92 Å². The van der Waals surface area contributed by atoms with Gasteiger partial charge in [0.15, 0.2) is 5.11 Å². The molecule has 2 aromatic heterocycles. The van der Waals surface area contributed by atoms with E-state index >= 15 is 0 Å². The quantitative estimate of drug-likeness (QED) is 0.829. The zero-order valence-electron chi connectivity index (χ0n) is 12.7. The van der Waals surface area contributed by atoms with Gasteiger partial charge in [-0.25, -0.2) is 0 Å². The van der Waals surface area contributed by atoms with Crippen molar-refractivity contribution in [2.24, 2.45) is 0 Å². The average Bonchev–Trinajstić information content (AvgIpc) is 3.09. The van der Waals surface area contributed by atoms with E-state index in [1.807, 2.05) is 24.4 Å². The minimum atomic E-state index is 0.0311. The van der Waals surface area contributed by atoms with Gasteiger partial charge in [0.25, 0.3) is 0 Å². The number of nitrogens with one attached hydrogen (secondary N) is 2. The Morgan fingerprint density at radius 2 is 2.18 bits per heavy atom. The molecule has 0 unspecified atom stereocenters. The lowest BCUT2D eigenvalue weighted by atomic mass is 10.0. The number of hydrogen-bond donors (Lipinski definition) is 2. The minimum absolute atomic E-state index is 0.0311. The molecule has 2 aromatic rings. The normalized spacial score (nSPS) is 21.2. The second kappa shape index (κ2) is 6.46. The summed E-state index contributed by atoms with van der Waals surface area (Å²) in [6.07, 6.45) is 1.81. The number of thiocarbonyl (C=S) groups is 1. The smallest absolute Gasteiger partial charge is 0.170 e. The molecule has 1 fully saturated rings. The Morgan fingerprint density at radius 3 is 2.82 bits per heavy atom. The lowest BCUT2D eigenvalue weighted by molar-refractivity contribution is 0.163. The van der Waals surface area contributed by atoms with Crippen molar-refractivity contribution in [2.45, 2.75) is 19.0 Å². The van der Waals surface area contributed by atoms with Gasteiger partial charge in [0.05, 0.1) is 24.4 Å². The maximum atomic E-state index is 5.53. The van der Waals surface area contributed by atoms with Gasteiger partial charge < -0.3 is 19.9 Å². The third-order valence-corrected chi connectivity index (χ3v) is 4.26. The predicted molar refractivity (Wildman–Crippen MR) is 89.6 cm³/mol. The molecular formula is C16H20N4OS. The Kier molecular flexibility index (Phi) is 4.40. The van der Waals surface area contributed by atoms with Gasteiger partial charge >= 0.3 is 0 Å². The molecule has 22 heavy (non-hydrogen) atoms. The monoisotopic (exact) mass is 316 g/mol. The zero-order chi connectivity index (χ0) is 15.5. The first-order valence-electron chi connectivity index (χ1n) is 7.33. The Labute approximate surface area is 135 Å². The second-order valence-electron chi connectivity index (χ2n) is 5.41. The van der Waals surface area contributed by atoms with Crippen molar-refractivity contribution in [3.05, 3.63) is 53.6 Å². The molecule has 0 aliphatic carbocycles. The molecule has 0 amide bonds. The first kappa shape index (κ1) is 15.0. The summed E-state index contributed by atoms with van der Waals surface area (Å²) >= 11 is 5.53. The number of pyridine rings is 1. The van der Waals surface area contributed by atoms with Gasteiger partial charge in [-0.05, 0) is 43.4 Å². The van der Waals surface area contributed by atoms with Crippen LogP contribution in [-0.2, 0) is 4.74 Å². The van der Waals surface area contributed by atoms with Gasteiger partial charge in [0.1, 0.15) is 0 Å². The predicted octanol–water partition coefficient (Wildman–Crippen LogP) is 2.34. The highest BCUT2D eigenvalue weighted by Gasteiger charge is 2.40. The van der Waals surface area contributed by atoms with E-state index in [0.29, 0.717) is 6.61 Å². The highest BCUT2D eigenvalue weighted by molar-refractivity contribution is 7.80. The van der Waals surface area contributed by atoms with Crippen LogP contribution < -0.4 is 5.32 Å². The molecule has 1 aliphatic rings. The van der Waals surface area contributed by atoms with E-state index in [9.17, 15) is 0 Å². The first-order chi connectivity index (χ1) is 10.7. The molecule has 2 N–H and O–H groups in total. The van der Waals surface area contributed by atoms with Gasteiger partial charge in [-0.2, -0.15) is 0 Å². The van der Waals surface area contributed by atoms with Crippen LogP contribution in [0.4, 0.5) is 0 Å². The van der Waals surface area contributed by atoms with Crippen LogP contribution >= 0.6 is 12.2 Å². The third kappa shape index (κ3) is 2.84. The van der Waals surface area contributed by atoms with Gasteiger partial charge in [0.2, 0.25) is 0 Å². The Bertz CT molecular complexity index is 643. The van der Waals surface area contributed by atoms with Crippen LogP contribution in [-0.4, -0.2) is 40.2 Å². The maximum absolute atomic E-state index is 5.53. The number of nitrogens with zero attached hydrogens (tertiary/aromatic N) is 2. The van der Waals surface area contributed by atoms with Crippen molar-refractivity contribution >= 4 is 17.3 Å². The summed E-state index contributed by atoms with van der Waals surface area (Å²) in [7, 11) is 1.70. The Morgan fingerprint density at radius 1 is 1.32 bits per heavy atom. The van der Waals surface area contributed by atoms with Gasteiger partial charge in [0, 0.05) is 31.2 Å². The highest BCUT2D eigenvalue weighted by atomic mass is 32.1. The maximum Gasteiger partial charge on any atom is 0.170 e. The Balaban J connectivity index is 1.96. The largest absolute Gasteiger partial charge is 0.383 e. The SMILES string of the molecule is COCCN1C(=S)N[C@@H](c2ccccn2)[C@@H]1c1ccc(C)[nH]1. The number of ether oxygens (including phenoxy) is 1. The molecule has 3 rings (SSSR count). The molecule has 5 nitrogen and oxygen atoms in total. The van der Waals surface area contributed by atoms with Crippen molar-refractivity contribution in [1.29, 1.82) is 0 Å². The van der Waals surface area contributed by atoms with Gasteiger partial charge in [-0.15, -0.1) is 0 Å². The molecule has 1 aliphatic heterocycles. The van der Waals surface area contributed by atoms with E-state index in [0.717, 1.165) is 28.7 Å². The number of methoxy groups -OCH3 is 1. The van der Waals surface area contributed by atoms with E-state index in [1.165, 1.54) is 0 Å². The molecule has 0 spiro atoms. The lowest BCUT2D eigenvalue weighted by Gasteiger charge is -2.26. The van der Waals surface area contributed by atoms with Crippen molar-refractivity contribution in [2.75, 3.05) is 20.3 Å². The van der Waals surface area contributed by atoms with Crippen molar-refractivity contribution in [3.63, 3.8) is 0 Å². The summed E-state index contributed by atoms with van der Waals surface area (Å²) < 4.78 is 5.23. The van der Waals surface area contributed by atoms with Gasteiger partial charge in [-0.1, -0.05) is 6.07 Å². The minimum Gasteiger partial charge on any atom is -0.383 e. The van der Waals surface area contributed by atoms with Crippen LogP contribution in [0.15, 0.2) is 36.5 Å². The number of aromatic amines is 1. The van der Waals surface area contributed by atoms with Crippen LogP contribution in [0.2, 0.25) is 0 Å². The highest BCUT2D eigenvalue weighted by Crippen LogP contribution is 2.37. The molecule has 116 valence electrons. The Hall–Kier alpha value is -1.92. The number of aryl methyl sites for hydroxylation is 1. The molecule has 0 bridgehead atoms. The molecule has 2 atom stereocenters. The van der Waals surface area contributed by atoms with E-state index < -0.39 is 0 Å². The standard InChI is InChI=1S/C16H20N4OS/c1-11-6-7-13(18-11)15-14(12-5-3-4-8-17-12)19-16(22)20(15)9-10-21-2/h3-8,14-15,18H,9-10H2,1-2H3,(H,19,22)/t14-,15-/m0/s1. The molecule has 0 saturated carbocycles.